The molecular formula is C12H20N2OS. The van der Waals surface area contributed by atoms with Gasteiger partial charge in [-0.3, -0.25) is 4.90 Å². The van der Waals surface area contributed by atoms with Crippen molar-refractivity contribution >= 4 is 11.3 Å². The Morgan fingerprint density at radius 2 is 2.25 bits per heavy atom. The van der Waals surface area contributed by atoms with Gasteiger partial charge >= 0.3 is 0 Å². The number of thiazole rings is 1. The zero-order valence-electron chi connectivity index (χ0n) is 10.1. The van der Waals surface area contributed by atoms with Gasteiger partial charge in [-0.05, 0) is 19.3 Å². The van der Waals surface area contributed by atoms with Crippen molar-refractivity contribution < 1.29 is 4.74 Å². The van der Waals surface area contributed by atoms with Crippen LogP contribution in [0.25, 0.3) is 0 Å². The predicted octanol–water partition coefficient (Wildman–Crippen LogP) is 2.32. The van der Waals surface area contributed by atoms with Gasteiger partial charge in [0.25, 0.3) is 0 Å². The van der Waals surface area contributed by atoms with E-state index < -0.39 is 0 Å². The first kappa shape index (κ1) is 12.0. The molecule has 4 heteroatoms. The number of methoxy groups -OCH3 is 1. The standard InChI is InChI=1S/C12H20N2OS/c1-3-12-13-10(9-16-12)8-14-6-4-11(15-2)5-7-14/h9,11H,3-8H2,1-2H3. The molecule has 0 atom stereocenters. The quantitative estimate of drug-likeness (QED) is 0.807. The van der Waals surface area contributed by atoms with Crippen LogP contribution in [0.15, 0.2) is 5.38 Å². The maximum atomic E-state index is 5.37. The number of aryl methyl sites for hydroxylation is 1. The second kappa shape index (κ2) is 5.75. The summed E-state index contributed by atoms with van der Waals surface area (Å²) in [7, 11) is 1.81. The summed E-state index contributed by atoms with van der Waals surface area (Å²) in [5.74, 6) is 0. The zero-order valence-corrected chi connectivity index (χ0v) is 10.9. The molecule has 1 fully saturated rings. The van der Waals surface area contributed by atoms with Crippen LogP contribution in [-0.4, -0.2) is 36.2 Å². The number of piperidine rings is 1. The molecule has 1 saturated heterocycles. The van der Waals surface area contributed by atoms with Crippen LogP contribution in [0.2, 0.25) is 0 Å². The molecule has 0 N–H and O–H groups in total. The predicted molar refractivity (Wildman–Crippen MR) is 66.8 cm³/mol. The summed E-state index contributed by atoms with van der Waals surface area (Å²) in [6.45, 7) is 5.44. The van der Waals surface area contributed by atoms with Crippen LogP contribution in [-0.2, 0) is 17.7 Å². The van der Waals surface area contributed by atoms with Crippen molar-refractivity contribution in [1.82, 2.24) is 9.88 Å². The first-order valence-electron chi connectivity index (χ1n) is 6.00. The Kier molecular flexibility index (Phi) is 4.32. The van der Waals surface area contributed by atoms with E-state index in [1.54, 1.807) is 11.3 Å². The fourth-order valence-corrected chi connectivity index (χ4v) is 2.85. The maximum absolute atomic E-state index is 5.37. The first-order valence-corrected chi connectivity index (χ1v) is 6.88. The van der Waals surface area contributed by atoms with Gasteiger partial charge in [-0.1, -0.05) is 6.92 Å². The summed E-state index contributed by atoms with van der Waals surface area (Å²) in [6, 6.07) is 0. The molecule has 16 heavy (non-hydrogen) atoms. The lowest BCUT2D eigenvalue weighted by molar-refractivity contribution is 0.0385. The van der Waals surface area contributed by atoms with Crippen LogP contribution < -0.4 is 0 Å². The van der Waals surface area contributed by atoms with Crippen molar-refractivity contribution in [2.24, 2.45) is 0 Å². The summed E-state index contributed by atoms with van der Waals surface area (Å²) in [5, 5.41) is 3.45. The molecule has 1 aromatic rings. The monoisotopic (exact) mass is 240 g/mol. The van der Waals surface area contributed by atoms with Gasteiger partial charge in [0.1, 0.15) is 0 Å². The van der Waals surface area contributed by atoms with E-state index >= 15 is 0 Å². The second-order valence-electron chi connectivity index (χ2n) is 4.30. The summed E-state index contributed by atoms with van der Waals surface area (Å²) >= 11 is 1.78. The molecule has 0 radical (unpaired) electrons. The number of ether oxygens (including phenoxy) is 1. The van der Waals surface area contributed by atoms with Crippen molar-refractivity contribution in [1.29, 1.82) is 0 Å². The van der Waals surface area contributed by atoms with E-state index in [1.807, 2.05) is 7.11 Å². The van der Waals surface area contributed by atoms with Gasteiger partial charge in [0.15, 0.2) is 0 Å². The SMILES string of the molecule is CCc1nc(CN2CCC(OC)CC2)cs1. The lowest BCUT2D eigenvalue weighted by Crippen LogP contribution is -2.36. The smallest absolute Gasteiger partial charge is 0.0926 e. The molecule has 2 rings (SSSR count). The molecule has 2 heterocycles. The molecule has 0 unspecified atom stereocenters. The van der Waals surface area contributed by atoms with Gasteiger partial charge in [-0.15, -0.1) is 11.3 Å². The summed E-state index contributed by atoms with van der Waals surface area (Å²) in [6.07, 6.45) is 3.83. The third-order valence-corrected chi connectivity index (χ3v) is 4.20. The fraction of sp³-hybridized carbons (Fsp3) is 0.750. The van der Waals surface area contributed by atoms with Gasteiger partial charge < -0.3 is 4.74 Å². The molecule has 0 aliphatic carbocycles. The Labute approximate surface area is 101 Å². The third kappa shape index (κ3) is 3.03. The number of nitrogens with zero attached hydrogens (tertiary/aromatic N) is 2. The van der Waals surface area contributed by atoms with E-state index in [4.69, 9.17) is 4.74 Å². The Bertz CT molecular complexity index is 319. The van der Waals surface area contributed by atoms with E-state index in [0.717, 1.165) is 38.9 Å². The third-order valence-electron chi connectivity index (χ3n) is 3.16. The number of hydrogen-bond acceptors (Lipinski definition) is 4. The molecule has 0 saturated carbocycles. The molecule has 1 aromatic heterocycles. The van der Waals surface area contributed by atoms with Gasteiger partial charge in [0.05, 0.1) is 16.8 Å². The minimum atomic E-state index is 0.470. The summed E-state index contributed by atoms with van der Waals surface area (Å²) in [4.78, 5) is 7.08. The van der Waals surface area contributed by atoms with Crippen LogP contribution in [0.5, 0.6) is 0 Å². The van der Waals surface area contributed by atoms with Crippen LogP contribution in [0.4, 0.5) is 0 Å². The summed E-state index contributed by atoms with van der Waals surface area (Å²) in [5.41, 5.74) is 1.23. The van der Waals surface area contributed by atoms with Gasteiger partial charge in [-0.2, -0.15) is 0 Å². The molecular weight excluding hydrogens is 220 g/mol. The average molecular weight is 240 g/mol. The highest BCUT2D eigenvalue weighted by Crippen LogP contribution is 2.17. The molecule has 90 valence electrons. The van der Waals surface area contributed by atoms with E-state index in [1.165, 1.54) is 10.7 Å². The molecule has 3 nitrogen and oxygen atoms in total. The van der Waals surface area contributed by atoms with Gasteiger partial charge in [-0.25, -0.2) is 4.98 Å². The fourth-order valence-electron chi connectivity index (χ4n) is 2.12. The minimum Gasteiger partial charge on any atom is -0.381 e. The largest absolute Gasteiger partial charge is 0.381 e. The number of likely N-dealkylation sites (tertiary alicyclic amines) is 1. The summed E-state index contributed by atoms with van der Waals surface area (Å²) < 4.78 is 5.37. The molecule has 0 aromatic carbocycles. The van der Waals surface area contributed by atoms with Crippen molar-refractivity contribution in [3.63, 3.8) is 0 Å². The Hall–Kier alpha value is -0.450. The van der Waals surface area contributed by atoms with Crippen molar-refractivity contribution in [2.45, 2.75) is 38.8 Å². The zero-order chi connectivity index (χ0) is 11.4. The number of hydrogen-bond donors (Lipinski definition) is 0. The molecule has 0 bridgehead atoms. The van der Waals surface area contributed by atoms with Crippen LogP contribution in [0.3, 0.4) is 0 Å². The topological polar surface area (TPSA) is 25.4 Å². The normalized spacial score (nSPS) is 19.1. The Balaban J connectivity index is 1.82. The Morgan fingerprint density at radius 3 is 2.81 bits per heavy atom. The molecule has 0 spiro atoms. The number of rotatable bonds is 4. The van der Waals surface area contributed by atoms with Crippen molar-refractivity contribution in [2.75, 3.05) is 20.2 Å². The van der Waals surface area contributed by atoms with Crippen molar-refractivity contribution in [3.05, 3.63) is 16.1 Å². The van der Waals surface area contributed by atoms with E-state index in [9.17, 15) is 0 Å². The molecule has 0 amide bonds. The molecule has 1 aliphatic rings. The maximum Gasteiger partial charge on any atom is 0.0926 e. The first-order chi connectivity index (χ1) is 7.81. The second-order valence-corrected chi connectivity index (χ2v) is 5.24. The van der Waals surface area contributed by atoms with E-state index in [2.05, 4.69) is 22.2 Å². The lowest BCUT2D eigenvalue weighted by atomic mass is 10.1. The van der Waals surface area contributed by atoms with E-state index in [0.29, 0.717) is 6.10 Å². The van der Waals surface area contributed by atoms with E-state index in [-0.39, 0.29) is 0 Å². The van der Waals surface area contributed by atoms with Gasteiger partial charge in [0.2, 0.25) is 0 Å². The highest BCUT2D eigenvalue weighted by molar-refractivity contribution is 7.09. The van der Waals surface area contributed by atoms with Crippen LogP contribution >= 0.6 is 11.3 Å². The van der Waals surface area contributed by atoms with Crippen LogP contribution in [0.1, 0.15) is 30.5 Å². The van der Waals surface area contributed by atoms with Crippen molar-refractivity contribution in [3.8, 4) is 0 Å². The highest BCUT2D eigenvalue weighted by atomic mass is 32.1. The highest BCUT2D eigenvalue weighted by Gasteiger charge is 2.19. The minimum absolute atomic E-state index is 0.470. The lowest BCUT2D eigenvalue weighted by Gasteiger charge is -2.30. The van der Waals surface area contributed by atoms with Crippen LogP contribution in [0, 0.1) is 0 Å². The average Bonchev–Trinajstić information content (AvgIpc) is 2.78. The van der Waals surface area contributed by atoms with Gasteiger partial charge in [0, 0.05) is 32.1 Å². The Morgan fingerprint density at radius 1 is 1.50 bits per heavy atom. The number of aromatic nitrogens is 1. The molecule has 1 aliphatic heterocycles.